The molecule has 0 aliphatic carbocycles. The number of carbonyl (C=O) groups is 2. The Morgan fingerprint density at radius 1 is 1.19 bits per heavy atom. The highest BCUT2D eigenvalue weighted by atomic mass is 16.6. The van der Waals surface area contributed by atoms with Crippen molar-refractivity contribution >= 4 is 12.1 Å². The normalized spacial score (nSPS) is 11.7. The molecule has 0 aliphatic rings. The van der Waals surface area contributed by atoms with Crippen molar-refractivity contribution in [2.24, 2.45) is 0 Å². The fourth-order valence-electron chi connectivity index (χ4n) is 1.42. The summed E-state index contributed by atoms with van der Waals surface area (Å²) in [6, 6.07) is 8.03. The maximum atomic E-state index is 11.6. The van der Waals surface area contributed by atoms with Crippen LogP contribution in [0.3, 0.4) is 0 Å². The van der Waals surface area contributed by atoms with Gasteiger partial charge in [-0.25, -0.2) is 4.79 Å². The van der Waals surface area contributed by atoms with Crippen LogP contribution in [-0.2, 0) is 9.53 Å². The average Bonchev–Trinajstić information content (AvgIpc) is 2.25. The standard InChI is InChI=1S/C14H21NO2.C2H4O2/c1-10-6-8-12(9-7-10)11(2)15-13(16)17-14(3,4)5;1-2(3)4/h6-9,11H,1-5H3,(H,15,16);1H3,(H,3,4). The lowest BCUT2D eigenvalue weighted by Crippen LogP contribution is -2.34. The van der Waals surface area contributed by atoms with Crippen LogP contribution >= 0.6 is 0 Å². The number of aryl methyl sites for hydroxylation is 1. The molecule has 0 saturated heterocycles. The van der Waals surface area contributed by atoms with E-state index in [4.69, 9.17) is 14.6 Å². The Morgan fingerprint density at radius 3 is 2.00 bits per heavy atom. The maximum absolute atomic E-state index is 11.6. The Morgan fingerprint density at radius 2 is 1.62 bits per heavy atom. The third-order valence-corrected chi connectivity index (χ3v) is 2.31. The van der Waals surface area contributed by atoms with Gasteiger partial charge in [0, 0.05) is 6.92 Å². The van der Waals surface area contributed by atoms with Crippen LogP contribution in [0.4, 0.5) is 4.79 Å². The average molecular weight is 295 g/mol. The Hall–Kier alpha value is -2.04. The Labute approximate surface area is 126 Å². The monoisotopic (exact) mass is 295 g/mol. The molecule has 1 rings (SSSR count). The van der Waals surface area contributed by atoms with Gasteiger partial charge in [0.15, 0.2) is 0 Å². The second-order valence-electron chi connectivity index (χ2n) is 5.80. The van der Waals surface area contributed by atoms with E-state index < -0.39 is 11.6 Å². The number of carboxylic acid groups (broad SMARTS) is 1. The van der Waals surface area contributed by atoms with E-state index in [0.717, 1.165) is 12.5 Å². The van der Waals surface area contributed by atoms with E-state index in [1.54, 1.807) is 0 Å². The van der Waals surface area contributed by atoms with E-state index in [-0.39, 0.29) is 12.1 Å². The number of amides is 1. The number of benzene rings is 1. The summed E-state index contributed by atoms with van der Waals surface area (Å²) in [5, 5.41) is 10.2. The van der Waals surface area contributed by atoms with Gasteiger partial charge >= 0.3 is 6.09 Å². The minimum absolute atomic E-state index is 0.0505. The molecule has 0 saturated carbocycles. The van der Waals surface area contributed by atoms with Crippen LogP contribution < -0.4 is 5.32 Å². The fraction of sp³-hybridized carbons (Fsp3) is 0.500. The smallest absolute Gasteiger partial charge is 0.408 e. The van der Waals surface area contributed by atoms with Crippen LogP contribution in [0.1, 0.15) is 51.8 Å². The second-order valence-corrected chi connectivity index (χ2v) is 5.80. The highest BCUT2D eigenvalue weighted by Crippen LogP contribution is 2.14. The number of hydrogen-bond donors (Lipinski definition) is 2. The van der Waals surface area contributed by atoms with Crippen LogP contribution in [0.25, 0.3) is 0 Å². The zero-order chi connectivity index (χ0) is 16.6. The number of carbonyl (C=O) groups excluding carboxylic acids is 1. The topological polar surface area (TPSA) is 75.6 Å². The minimum Gasteiger partial charge on any atom is -0.481 e. The van der Waals surface area contributed by atoms with Gasteiger partial charge in [0.25, 0.3) is 5.97 Å². The molecule has 1 aromatic carbocycles. The van der Waals surface area contributed by atoms with Crippen molar-refractivity contribution in [2.45, 2.75) is 53.2 Å². The van der Waals surface area contributed by atoms with Crippen molar-refractivity contribution in [2.75, 3.05) is 0 Å². The lowest BCUT2D eigenvalue weighted by Gasteiger charge is -2.22. The molecule has 0 heterocycles. The number of rotatable bonds is 2. The van der Waals surface area contributed by atoms with Gasteiger partial charge < -0.3 is 15.2 Å². The number of aliphatic carboxylic acids is 1. The first kappa shape index (κ1) is 19.0. The summed E-state index contributed by atoms with van der Waals surface area (Å²) in [6.07, 6.45) is -0.384. The number of hydrogen-bond acceptors (Lipinski definition) is 3. The summed E-state index contributed by atoms with van der Waals surface area (Å²) in [5.41, 5.74) is 1.82. The molecule has 0 aliphatic heterocycles. The van der Waals surface area contributed by atoms with E-state index in [0.29, 0.717) is 0 Å². The highest BCUT2D eigenvalue weighted by molar-refractivity contribution is 5.68. The fourth-order valence-corrected chi connectivity index (χ4v) is 1.42. The van der Waals surface area contributed by atoms with Crippen LogP contribution in [0, 0.1) is 6.92 Å². The number of ether oxygens (including phenoxy) is 1. The van der Waals surface area contributed by atoms with Crippen molar-refractivity contribution in [3.63, 3.8) is 0 Å². The predicted octanol–water partition coefficient (Wildman–Crippen LogP) is 3.67. The van der Waals surface area contributed by atoms with Gasteiger partial charge in [-0.05, 0) is 40.2 Å². The van der Waals surface area contributed by atoms with E-state index in [1.807, 2.05) is 58.9 Å². The summed E-state index contributed by atoms with van der Waals surface area (Å²) in [7, 11) is 0. The molecular formula is C16H25NO4. The van der Waals surface area contributed by atoms with Crippen LogP contribution in [-0.4, -0.2) is 22.8 Å². The number of alkyl carbamates (subject to hydrolysis) is 1. The van der Waals surface area contributed by atoms with Gasteiger partial charge in [-0.3, -0.25) is 4.79 Å². The molecule has 1 aromatic rings. The van der Waals surface area contributed by atoms with Crippen molar-refractivity contribution in [3.8, 4) is 0 Å². The molecule has 0 aromatic heterocycles. The molecule has 1 unspecified atom stereocenters. The quantitative estimate of drug-likeness (QED) is 0.872. The molecule has 0 bridgehead atoms. The van der Waals surface area contributed by atoms with Crippen LogP contribution in [0.15, 0.2) is 24.3 Å². The summed E-state index contributed by atoms with van der Waals surface area (Å²) in [5.74, 6) is -0.833. The lowest BCUT2D eigenvalue weighted by molar-refractivity contribution is -0.134. The zero-order valence-electron chi connectivity index (χ0n) is 13.6. The summed E-state index contributed by atoms with van der Waals surface area (Å²) in [6.45, 7) is 10.6. The second kappa shape index (κ2) is 8.29. The molecule has 2 N–H and O–H groups in total. The van der Waals surface area contributed by atoms with Crippen LogP contribution in [0.5, 0.6) is 0 Å². The Balaban J connectivity index is 0.000000885. The van der Waals surface area contributed by atoms with Gasteiger partial charge in [0.05, 0.1) is 6.04 Å². The van der Waals surface area contributed by atoms with E-state index in [9.17, 15) is 4.79 Å². The summed E-state index contributed by atoms with van der Waals surface area (Å²) >= 11 is 0. The van der Waals surface area contributed by atoms with Crippen molar-refractivity contribution in [1.82, 2.24) is 5.32 Å². The minimum atomic E-state index is -0.833. The molecule has 5 nitrogen and oxygen atoms in total. The van der Waals surface area contributed by atoms with Crippen LogP contribution in [0.2, 0.25) is 0 Å². The van der Waals surface area contributed by atoms with Crippen molar-refractivity contribution < 1.29 is 19.4 Å². The molecule has 118 valence electrons. The number of nitrogens with one attached hydrogen (secondary N) is 1. The first-order valence-electron chi connectivity index (χ1n) is 6.77. The SMILES string of the molecule is CC(=O)O.Cc1ccc(C(C)NC(=O)OC(C)(C)C)cc1. The first-order valence-corrected chi connectivity index (χ1v) is 6.77. The zero-order valence-corrected chi connectivity index (χ0v) is 13.6. The predicted molar refractivity (Wildman–Crippen MR) is 82.3 cm³/mol. The Kier molecular flexibility index (Phi) is 7.49. The molecule has 1 amide bonds. The third-order valence-electron chi connectivity index (χ3n) is 2.31. The molecule has 0 spiro atoms. The van der Waals surface area contributed by atoms with E-state index in [1.165, 1.54) is 5.56 Å². The summed E-state index contributed by atoms with van der Waals surface area (Å²) in [4.78, 5) is 20.6. The van der Waals surface area contributed by atoms with Gasteiger partial charge in [-0.1, -0.05) is 29.8 Å². The lowest BCUT2D eigenvalue weighted by atomic mass is 10.1. The summed E-state index contributed by atoms with van der Waals surface area (Å²) < 4.78 is 5.20. The van der Waals surface area contributed by atoms with Gasteiger partial charge in [-0.15, -0.1) is 0 Å². The van der Waals surface area contributed by atoms with Crippen molar-refractivity contribution in [3.05, 3.63) is 35.4 Å². The highest BCUT2D eigenvalue weighted by Gasteiger charge is 2.18. The molecule has 21 heavy (non-hydrogen) atoms. The maximum Gasteiger partial charge on any atom is 0.408 e. The largest absolute Gasteiger partial charge is 0.481 e. The molecule has 1 atom stereocenters. The van der Waals surface area contributed by atoms with E-state index >= 15 is 0 Å². The first-order chi connectivity index (χ1) is 9.51. The molecule has 0 radical (unpaired) electrons. The van der Waals surface area contributed by atoms with Crippen molar-refractivity contribution in [1.29, 1.82) is 0 Å². The molecule has 5 heteroatoms. The van der Waals surface area contributed by atoms with Gasteiger partial charge in [-0.2, -0.15) is 0 Å². The van der Waals surface area contributed by atoms with Gasteiger partial charge in [0.1, 0.15) is 5.60 Å². The Bertz CT molecular complexity index is 456. The van der Waals surface area contributed by atoms with Gasteiger partial charge in [0.2, 0.25) is 0 Å². The molecule has 0 fully saturated rings. The number of carboxylic acids is 1. The third kappa shape index (κ3) is 10.4. The molecular weight excluding hydrogens is 270 g/mol. The van der Waals surface area contributed by atoms with E-state index in [2.05, 4.69) is 5.32 Å².